The van der Waals surface area contributed by atoms with Crippen molar-refractivity contribution < 1.29 is 19.4 Å². The average Bonchev–Trinajstić information content (AvgIpc) is 3.27. The van der Waals surface area contributed by atoms with Gasteiger partial charge in [0.1, 0.15) is 6.61 Å². The summed E-state index contributed by atoms with van der Waals surface area (Å²) < 4.78 is 11.7. The molecule has 5 rings (SSSR count). The van der Waals surface area contributed by atoms with E-state index in [-0.39, 0.29) is 17.6 Å². The lowest BCUT2D eigenvalue weighted by molar-refractivity contribution is -0.136. The van der Waals surface area contributed by atoms with Gasteiger partial charge < -0.3 is 14.6 Å². The predicted molar refractivity (Wildman–Crippen MR) is 97.8 cm³/mol. The highest BCUT2D eigenvalue weighted by Crippen LogP contribution is 2.48. The molecule has 3 aromatic rings. The van der Waals surface area contributed by atoms with Gasteiger partial charge in [0, 0.05) is 5.92 Å². The van der Waals surface area contributed by atoms with Gasteiger partial charge in [-0.15, -0.1) is 11.3 Å². The molecule has 1 unspecified atom stereocenters. The molecule has 6 heteroatoms. The lowest BCUT2D eigenvalue weighted by Crippen LogP contribution is -2.18. The lowest BCUT2D eigenvalue weighted by Gasteiger charge is -2.27. The summed E-state index contributed by atoms with van der Waals surface area (Å²) in [6, 6.07) is 9.37. The summed E-state index contributed by atoms with van der Waals surface area (Å²) in [6.07, 6.45) is 0.718. The minimum Gasteiger partial charge on any atom is -0.504 e. The number of esters is 1. The van der Waals surface area contributed by atoms with Crippen LogP contribution in [0.3, 0.4) is 0 Å². The van der Waals surface area contributed by atoms with Crippen molar-refractivity contribution in [1.29, 1.82) is 0 Å². The molecular weight excluding hydrogens is 350 g/mol. The Kier molecular flexibility index (Phi) is 3.30. The number of nitrogens with zero attached hydrogens (tertiary/aromatic N) is 1. The Morgan fingerprint density at radius 2 is 2.19 bits per heavy atom. The van der Waals surface area contributed by atoms with E-state index in [2.05, 4.69) is 11.1 Å². The zero-order valence-electron chi connectivity index (χ0n) is 14.0. The van der Waals surface area contributed by atoms with Crippen molar-refractivity contribution in [3.05, 3.63) is 63.7 Å². The normalized spacial score (nSPS) is 18.7. The van der Waals surface area contributed by atoms with Crippen molar-refractivity contribution >= 4 is 27.5 Å². The van der Waals surface area contributed by atoms with Gasteiger partial charge in [-0.2, -0.15) is 0 Å². The van der Waals surface area contributed by atoms with E-state index in [4.69, 9.17) is 9.47 Å². The van der Waals surface area contributed by atoms with Crippen molar-refractivity contribution in [2.75, 3.05) is 13.7 Å². The molecule has 1 aromatic heterocycles. The second-order valence-corrected chi connectivity index (χ2v) is 7.33. The van der Waals surface area contributed by atoms with Gasteiger partial charge in [-0.05, 0) is 46.9 Å². The van der Waals surface area contributed by atoms with Crippen LogP contribution < -0.4 is 4.74 Å². The Morgan fingerprint density at radius 3 is 3.04 bits per heavy atom. The summed E-state index contributed by atoms with van der Waals surface area (Å²) in [5.74, 6) is -0.0438. The maximum atomic E-state index is 12.5. The molecule has 1 N–H and O–H groups in total. The van der Waals surface area contributed by atoms with Crippen LogP contribution in [0.5, 0.6) is 11.5 Å². The molecule has 2 aliphatic rings. The highest BCUT2D eigenvalue weighted by molar-refractivity contribution is 7.17. The van der Waals surface area contributed by atoms with Crippen molar-refractivity contribution in [3.8, 4) is 11.5 Å². The van der Waals surface area contributed by atoms with Crippen molar-refractivity contribution in [2.45, 2.75) is 12.3 Å². The SMILES string of the molecule is COc1cc(C2C3=C(COC3=O)Cc3ccc4ncsc4c32)ccc1O. The van der Waals surface area contributed by atoms with Crippen LogP contribution in [0.4, 0.5) is 0 Å². The third-order valence-corrected chi connectivity index (χ3v) is 6.00. The molecule has 0 fully saturated rings. The minimum atomic E-state index is -0.260. The average molecular weight is 365 g/mol. The summed E-state index contributed by atoms with van der Waals surface area (Å²) in [5.41, 5.74) is 7.70. The fraction of sp³-hybridized carbons (Fsp3) is 0.200. The van der Waals surface area contributed by atoms with Crippen molar-refractivity contribution in [1.82, 2.24) is 4.98 Å². The topological polar surface area (TPSA) is 68.7 Å². The molecule has 130 valence electrons. The van der Waals surface area contributed by atoms with Gasteiger partial charge in [0.25, 0.3) is 0 Å². The van der Waals surface area contributed by atoms with E-state index in [1.54, 1.807) is 23.5 Å². The molecule has 0 radical (unpaired) electrons. The fourth-order valence-electron chi connectivity index (χ4n) is 3.96. The van der Waals surface area contributed by atoms with Crippen LogP contribution in [0.25, 0.3) is 10.2 Å². The Morgan fingerprint density at radius 1 is 1.31 bits per heavy atom. The largest absolute Gasteiger partial charge is 0.504 e. The van der Waals surface area contributed by atoms with Gasteiger partial charge in [0.05, 0.1) is 28.4 Å². The van der Waals surface area contributed by atoms with E-state index in [9.17, 15) is 9.90 Å². The van der Waals surface area contributed by atoms with Crippen LogP contribution in [-0.4, -0.2) is 29.8 Å². The first-order chi connectivity index (χ1) is 12.7. The number of rotatable bonds is 2. The molecule has 0 bridgehead atoms. The molecule has 1 aliphatic heterocycles. The number of benzene rings is 2. The molecular formula is C20H15NO4S. The first kappa shape index (κ1) is 15.4. The van der Waals surface area contributed by atoms with Crippen LogP contribution in [0.1, 0.15) is 22.6 Å². The second kappa shape index (κ2) is 5.57. The van der Waals surface area contributed by atoms with Gasteiger partial charge in [-0.3, -0.25) is 0 Å². The molecule has 5 nitrogen and oxygen atoms in total. The number of carbonyl (C=O) groups is 1. The summed E-state index contributed by atoms with van der Waals surface area (Å²) >= 11 is 1.58. The second-order valence-electron chi connectivity index (χ2n) is 6.47. The van der Waals surface area contributed by atoms with Crippen LogP contribution >= 0.6 is 11.3 Å². The number of ether oxygens (including phenoxy) is 2. The number of aromatic nitrogens is 1. The van der Waals surface area contributed by atoms with Crippen molar-refractivity contribution in [3.63, 3.8) is 0 Å². The molecule has 0 saturated heterocycles. The van der Waals surface area contributed by atoms with E-state index in [0.29, 0.717) is 17.9 Å². The molecule has 0 saturated carbocycles. The minimum absolute atomic E-state index is 0.0754. The Balaban J connectivity index is 1.81. The number of carbonyl (C=O) groups excluding carboxylic acids is 1. The summed E-state index contributed by atoms with van der Waals surface area (Å²) in [4.78, 5) is 17.0. The third-order valence-electron chi connectivity index (χ3n) is 5.12. The number of thiazole rings is 1. The van der Waals surface area contributed by atoms with Gasteiger partial charge in [0.15, 0.2) is 11.5 Å². The number of methoxy groups -OCH3 is 1. The third kappa shape index (κ3) is 2.08. The van der Waals surface area contributed by atoms with E-state index >= 15 is 0 Å². The number of aromatic hydroxyl groups is 1. The molecule has 0 spiro atoms. The standard InChI is InChI=1S/C20H15NO4S/c1-24-15-7-11(3-5-14(15)22)16-17-10(2-4-13-19(17)26-9-21-13)6-12-8-25-20(23)18(12)16/h2-5,7,9,16,22H,6,8H2,1H3. The lowest BCUT2D eigenvalue weighted by atomic mass is 9.75. The zero-order chi connectivity index (χ0) is 17.8. The number of phenolic OH excluding ortho intramolecular Hbond substituents is 1. The molecule has 1 aliphatic carbocycles. The summed E-state index contributed by atoms with van der Waals surface area (Å²) in [5, 5.41) is 9.97. The molecule has 2 heterocycles. The number of phenols is 1. The van der Waals surface area contributed by atoms with Crippen LogP contribution in [0.15, 0.2) is 47.0 Å². The Labute approximate surface area is 153 Å². The molecule has 0 amide bonds. The van der Waals surface area contributed by atoms with Gasteiger partial charge in [-0.25, -0.2) is 9.78 Å². The first-order valence-corrected chi connectivity index (χ1v) is 9.16. The Bertz CT molecular complexity index is 1100. The number of cyclic esters (lactones) is 1. The smallest absolute Gasteiger partial charge is 0.335 e. The van der Waals surface area contributed by atoms with E-state index in [1.807, 2.05) is 17.6 Å². The van der Waals surface area contributed by atoms with Gasteiger partial charge in [-0.1, -0.05) is 12.1 Å². The molecule has 2 aromatic carbocycles. The Hall–Kier alpha value is -2.86. The quantitative estimate of drug-likeness (QED) is 0.704. The molecule has 26 heavy (non-hydrogen) atoms. The van der Waals surface area contributed by atoms with Crippen LogP contribution in [-0.2, 0) is 16.0 Å². The fourth-order valence-corrected chi connectivity index (χ4v) is 4.85. The highest BCUT2D eigenvalue weighted by Gasteiger charge is 2.39. The highest BCUT2D eigenvalue weighted by atomic mass is 32.1. The van der Waals surface area contributed by atoms with Crippen LogP contribution in [0, 0.1) is 0 Å². The first-order valence-electron chi connectivity index (χ1n) is 8.28. The predicted octanol–water partition coefficient (Wildman–Crippen LogP) is 3.55. The zero-order valence-corrected chi connectivity index (χ0v) is 14.8. The van der Waals surface area contributed by atoms with Gasteiger partial charge in [0.2, 0.25) is 0 Å². The maximum absolute atomic E-state index is 12.5. The van der Waals surface area contributed by atoms with E-state index in [0.717, 1.165) is 33.3 Å². The van der Waals surface area contributed by atoms with E-state index in [1.165, 1.54) is 12.7 Å². The van der Waals surface area contributed by atoms with Crippen molar-refractivity contribution in [2.24, 2.45) is 0 Å². The number of hydrogen-bond donors (Lipinski definition) is 1. The van der Waals surface area contributed by atoms with Gasteiger partial charge >= 0.3 is 5.97 Å². The molecule has 1 atom stereocenters. The monoisotopic (exact) mass is 365 g/mol. The number of hydrogen-bond acceptors (Lipinski definition) is 6. The maximum Gasteiger partial charge on any atom is 0.335 e. The van der Waals surface area contributed by atoms with Crippen LogP contribution in [0.2, 0.25) is 0 Å². The van der Waals surface area contributed by atoms with E-state index < -0.39 is 0 Å². The summed E-state index contributed by atoms with van der Waals surface area (Å²) in [6.45, 7) is 0.347. The number of fused-ring (bicyclic) bond motifs is 3. The summed E-state index contributed by atoms with van der Waals surface area (Å²) in [7, 11) is 1.52.